The predicted octanol–water partition coefficient (Wildman–Crippen LogP) is 7.51. The summed E-state index contributed by atoms with van der Waals surface area (Å²) in [6.07, 6.45) is 22.7. The Morgan fingerprint density at radius 1 is 0.667 bits per heavy atom. The first kappa shape index (κ1) is 36.0. The molecule has 0 aliphatic rings. The number of phosphoric ester groups is 1. The lowest BCUT2D eigenvalue weighted by Crippen LogP contribution is -2.37. The summed E-state index contributed by atoms with van der Waals surface area (Å²) in [6, 6.07) is 0. The Morgan fingerprint density at radius 3 is 1.53 bits per heavy atom. The molecule has 218 valence electrons. The number of quaternary nitrogens is 1. The molecule has 1 N–H and O–H groups in total. The van der Waals surface area contributed by atoms with Crippen LogP contribution in [0, 0.1) is 0 Å². The summed E-state index contributed by atoms with van der Waals surface area (Å²) in [4.78, 5) is 9.80. The van der Waals surface area contributed by atoms with Crippen molar-refractivity contribution in [1.82, 2.24) is 0 Å². The van der Waals surface area contributed by atoms with E-state index in [2.05, 4.69) is 6.92 Å². The van der Waals surface area contributed by atoms with Gasteiger partial charge in [0.2, 0.25) is 0 Å². The van der Waals surface area contributed by atoms with Gasteiger partial charge >= 0.3 is 7.82 Å². The van der Waals surface area contributed by atoms with E-state index in [1.807, 2.05) is 21.1 Å². The van der Waals surface area contributed by atoms with Crippen LogP contribution < -0.4 is 0 Å². The van der Waals surface area contributed by atoms with Crippen LogP contribution in [0.25, 0.3) is 0 Å². The van der Waals surface area contributed by atoms with Crippen molar-refractivity contribution >= 4 is 7.82 Å². The third-order valence-corrected chi connectivity index (χ3v) is 7.45. The molecule has 0 saturated carbocycles. The van der Waals surface area contributed by atoms with Crippen LogP contribution in [0.4, 0.5) is 0 Å². The molecule has 0 bridgehead atoms. The topological polar surface area (TPSA) is 74.2 Å². The maximum absolute atomic E-state index is 12.0. The van der Waals surface area contributed by atoms with E-state index in [1.54, 1.807) is 7.11 Å². The molecule has 0 aromatic rings. The number of methoxy groups -OCH3 is 1. The van der Waals surface area contributed by atoms with Crippen LogP contribution in [-0.4, -0.2) is 76.7 Å². The van der Waals surface area contributed by atoms with Gasteiger partial charge in [0.25, 0.3) is 0 Å². The van der Waals surface area contributed by atoms with Crippen molar-refractivity contribution in [2.75, 3.05) is 61.2 Å². The smallest absolute Gasteiger partial charge is 0.379 e. The molecule has 0 aliphatic carbocycles. The maximum atomic E-state index is 12.0. The predicted molar refractivity (Wildman–Crippen MR) is 150 cm³/mol. The van der Waals surface area contributed by atoms with E-state index in [1.165, 1.54) is 103 Å². The zero-order chi connectivity index (χ0) is 27.0. The summed E-state index contributed by atoms with van der Waals surface area (Å²) >= 11 is 0. The molecule has 0 aliphatic heterocycles. The second kappa shape index (κ2) is 24.1. The summed E-state index contributed by atoms with van der Waals surface area (Å²) in [5, 5.41) is 0. The van der Waals surface area contributed by atoms with Crippen molar-refractivity contribution in [3.63, 3.8) is 0 Å². The molecule has 8 heteroatoms. The minimum absolute atomic E-state index is 0.0340. The maximum Gasteiger partial charge on any atom is 0.472 e. The van der Waals surface area contributed by atoms with Crippen molar-refractivity contribution in [2.45, 2.75) is 122 Å². The molecule has 0 aromatic carbocycles. The highest BCUT2D eigenvalue weighted by Gasteiger charge is 2.24. The number of likely N-dealkylation sites (N-methyl/N-ethyl adjacent to an activating group) is 1. The second-order valence-corrected chi connectivity index (χ2v) is 12.7. The van der Waals surface area contributed by atoms with Crippen molar-refractivity contribution < 1.29 is 32.5 Å². The largest absolute Gasteiger partial charge is 0.472 e. The fourth-order valence-corrected chi connectivity index (χ4v) is 4.71. The van der Waals surface area contributed by atoms with Crippen LogP contribution in [0.2, 0.25) is 0 Å². The highest BCUT2D eigenvalue weighted by molar-refractivity contribution is 7.47. The summed E-state index contributed by atoms with van der Waals surface area (Å²) in [7, 11) is 3.45. The third-order valence-electron chi connectivity index (χ3n) is 6.47. The molecular formula is C28H61NO6P+. The van der Waals surface area contributed by atoms with E-state index in [4.69, 9.17) is 18.5 Å². The Balaban J connectivity index is 3.46. The number of unbranched alkanes of at least 4 members (excludes halogenated alkanes) is 16. The Labute approximate surface area is 223 Å². The lowest BCUT2D eigenvalue weighted by Gasteiger charge is -2.24. The minimum Gasteiger partial charge on any atom is -0.379 e. The molecule has 0 spiro atoms. The first-order chi connectivity index (χ1) is 17.2. The molecule has 0 aromatic heterocycles. The molecule has 0 rings (SSSR count). The third kappa shape index (κ3) is 27.0. The van der Waals surface area contributed by atoms with Gasteiger partial charge in [-0.05, 0) is 6.42 Å². The fourth-order valence-electron chi connectivity index (χ4n) is 3.97. The molecule has 7 nitrogen and oxygen atoms in total. The minimum atomic E-state index is -4.07. The molecule has 2 unspecified atom stereocenters. The summed E-state index contributed by atoms with van der Waals surface area (Å²) in [5.41, 5.74) is 0. The van der Waals surface area contributed by atoms with Gasteiger partial charge in [0.1, 0.15) is 19.3 Å². The summed E-state index contributed by atoms with van der Waals surface area (Å²) < 4.78 is 33.7. The zero-order valence-corrected chi connectivity index (χ0v) is 25.4. The van der Waals surface area contributed by atoms with Gasteiger partial charge in [-0.1, -0.05) is 110 Å². The Bertz CT molecular complexity index is 515. The molecule has 2 atom stereocenters. The zero-order valence-electron chi connectivity index (χ0n) is 24.5. The van der Waals surface area contributed by atoms with Gasteiger partial charge in [0.15, 0.2) is 0 Å². The van der Waals surface area contributed by atoms with Gasteiger partial charge in [-0.2, -0.15) is 0 Å². The summed E-state index contributed by atoms with van der Waals surface area (Å²) in [6.45, 7) is 4.04. The Kier molecular flexibility index (Phi) is 24.1. The number of phosphoric acid groups is 1. The molecule has 0 fully saturated rings. The van der Waals surface area contributed by atoms with Gasteiger partial charge in [0.05, 0.1) is 34.4 Å². The van der Waals surface area contributed by atoms with E-state index < -0.39 is 13.9 Å². The Morgan fingerprint density at radius 2 is 1.11 bits per heavy atom. The highest BCUT2D eigenvalue weighted by Crippen LogP contribution is 2.43. The van der Waals surface area contributed by atoms with E-state index >= 15 is 0 Å². The van der Waals surface area contributed by atoms with E-state index in [9.17, 15) is 9.46 Å². The van der Waals surface area contributed by atoms with Gasteiger partial charge < -0.3 is 18.9 Å². The van der Waals surface area contributed by atoms with Gasteiger partial charge in [-0.15, -0.1) is 0 Å². The summed E-state index contributed by atoms with van der Waals surface area (Å²) in [5.74, 6) is 0. The van der Waals surface area contributed by atoms with Crippen LogP contribution in [0.1, 0.15) is 116 Å². The first-order valence-corrected chi connectivity index (χ1v) is 16.2. The number of nitrogens with zero attached hydrogens (tertiary/aromatic N) is 1. The monoisotopic (exact) mass is 538 g/mol. The number of ether oxygens (including phenoxy) is 2. The normalized spacial score (nSPS) is 14.7. The van der Waals surface area contributed by atoms with Crippen LogP contribution in [0.3, 0.4) is 0 Å². The number of hydrogen-bond donors (Lipinski definition) is 1. The Hall–Kier alpha value is -0.0100. The van der Waals surface area contributed by atoms with Gasteiger partial charge in [-0.25, -0.2) is 4.57 Å². The second-order valence-electron chi connectivity index (χ2n) is 11.2. The molecular weight excluding hydrogens is 477 g/mol. The van der Waals surface area contributed by atoms with Crippen LogP contribution in [0.15, 0.2) is 0 Å². The lowest BCUT2D eigenvalue weighted by molar-refractivity contribution is -0.870. The molecule has 0 heterocycles. The molecule has 36 heavy (non-hydrogen) atoms. The average molecular weight is 539 g/mol. The standard InChI is InChI=1S/C28H60NO6P/c1-6-7-8-9-10-11-12-13-14-15-16-17-18-19-20-21-22-24-33-26-28(32-5)27-35-36(30,31)34-25-23-29(2,3)4/h28H,6-27H2,1-5H3/p+1. The van der Waals surface area contributed by atoms with E-state index in [0.717, 1.165) is 6.42 Å². The lowest BCUT2D eigenvalue weighted by atomic mass is 10.0. The van der Waals surface area contributed by atoms with Crippen molar-refractivity contribution in [3.8, 4) is 0 Å². The number of hydrogen-bond acceptors (Lipinski definition) is 5. The fraction of sp³-hybridized carbons (Fsp3) is 1.00. The SMILES string of the molecule is CCCCCCCCCCCCCCCCCCCOCC(COP(=O)(O)OCC[N+](C)(C)C)OC. The van der Waals surface area contributed by atoms with Gasteiger partial charge in [0, 0.05) is 13.7 Å². The van der Waals surface area contributed by atoms with Crippen LogP contribution >= 0.6 is 7.82 Å². The van der Waals surface area contributed by atoms with Crippen molar-refractivity contribution in [3.05, 3.63) is 0 Å². The average Bonchev–Trinajstić information content (AvgIpc) is 2.81. The van der Waals surface area contributed by atoms with Crippen molar-refractivity contribution in [2.24, 2.45) is 0 Å². The van der Waals surface area contributed by atoms with Gasteiger partial charge in [-0.3, -0.25) is 9.05 Å². The number of rotatable bonds is 28. The first-order valence-electron chi connectivity index (χ1n) is 14.7. The van der Waals surface area contributed by atoms with Crippen LogP contribution in [-0.2, 0) is 23.1 Å². The van der Waals surface area contributed by atoms with Crippen molar-refractivity contribution in [1.29, 1.82) is 0 Å². The van der Waals surface area contributed by atoms with E-state index in [-0.39, 0.29) is 13.2 Å². The molecule has 0 radical (unpaired) electrons. The highest BCUT2D eigenvalue weighted by atomic mass is 31.2. The quantitative estimate of drug-likeness (QED) is 0.0631. The molecule has 0 amide bonds. The molecule has 0 saturated heterocycles. The van der Waals surface area contributed by atoms with Crippen LogP contribution in [0.5, 0.6) is 0 Å². The van der Waals surface area contributed by atoms with E-state index in [0.29, 0.717) is 24.2 Å².